The Balaban J connectivity index is 0. The Labute approximate surface area is 47.4 Å². The summed E-state index contributed by atoms with van der Waals surface area (Å²) in [4.78, 5) is 0. The van der Waals surface area contributed by atoms with Crippen LogP contribution in [0.2, 0.25) is 0 Å². The molecule has 0 aliphatic heterocycles. The third-order valence-electron chi connectivity index (χ3n) is 0. The van der Waals surface area contributed by atoms with E-state index in [0.29, 0.717) is 0 Å². The van der Waals surface area contributed by atoms with E-state index in [-0.39, 0.29) is 46.7 Å². The molecule has 1 radical (unpaired) electrons. The molecule has 0 saturated heterocycles. The molecule has 6 heavy (non-hydrogen) atoms. The van der Waals surface area contributed by atoms with Gasteiger partial charge < -0.3 is 25.0 Å². The van der Waals surface area contributed by atoms with Gasteiger partial charge in [0.15, 0.2) is 0 Å². The summed E-state index contributed by atoms with van der Waals surface area (Å²) in [6.07, 6.45) is 0. The minimum absolute atomic E-state index is 0. The Morgan fingerprint density at radius 1 is 0.500 bits per heavy atom. The van der Waals surface area contributed by atoms with Crippen LogP contribution in [0.4, 0.5) is 0 Å². The van der Waals surface area contributed by atoms with E-state index in [2.05, 4.69) is 0 Å². The first kappa shape index (κ1) is 1200. The summed E-state index contributed by atoms with van der Waals surface area (Å²) in [6.45, 7) is 0. The van der Waals surface area contributed by atoms with Gasteiger partial charge in [-0.1, -0.05) is 0 Å². The summed E-state index contributed by atoms with van der Waals surface area (Å²) < 4.78 is 0. The molecular formula is H4F4NTi. The van der Waals surface area contributed by atoms with E-state index in [0.717, 1.165) is 0 Å². The first-order valence-corrected chi connectivity index (χ1v) is 0. The second kappa shape index (κ2) is 670. The molecule has 0 heterocycles. The van der Waals surface area contributed by atoms with E-state index >= 15 is 0 Å². The quantitative estimate of drug-likeness (QED) is 0.257. The minimum atomic E-state index is 0. The Hall–Kier alpha value is 0.394. The third kappa shape index (κ3) is 326. The molecule has 6 heteroatoms. The molecule has 41 valence electrons. The molecule has 0 rings (SSSR count). The zero-order chi connectivity index (χ0) is 0. The van der Waals surface area contributed by atoms with E-state index in [1.807, 2.05) is 0 Å². The van der Waals surface area contributed by atoms with Crippen LogP contribution in [0.3, 0.4) is 0 Å². The summed E-state index contributed by atoms with van der Waals surface area (Å²) >= 11 is 0. The second-order valence-electron chi connectivity index (χ2n) is 0. The van der Waals surface area contributed by atoms with E-state index < -0.39 is 0 Å². The van der Waals surface area contributed by atoms with Gasteiger partial charge >= 0.3 is 21.7 Å². The van der Waals surface area contributed by atoms with Crippen molar-refractivity contribution in [1.82, 2.24) is 6.15 Å². The molecule has 0 aliphatic rings. The monoisotopic (exact) mass is 142 g/mol. The first-order valence-electron chi connectivity index (χ1n) is 0. The molecule has 0 unspecified atom stereocenters. The molecule has 0 aromatic carbocycles. The molecule has 0 aliphatic carbocycles. The summed E-state index contributed by atoms with van der Waals surface area (Å²) in [7, 11) is 0. The molecule has 0 saturated carbocycles. The van der Waals surface area contributed by atoms with Crippen LogP contribution < -0.4 is 25.0 Å². The smallest absolute Gasteiger partial charge is 1.00 e. The van der Waals surface area contributed by atoms with Gasteiger partial charge in [0.2, 0.25) is 0 Å². The number of halogens is 4. The zero-order valence-corrected chi connectivity index (χ0v) is 4.57. The molecule has 0 amide bonds. The molecule has 0 aromatic heterocycles. The van der Waals surface area contributed by atoms with Gasteiger partial charge in [-0.15, -0.1) is 0 Å². The Bertz CT molecular complexity index is 7.51. The van der Waals surface area contributed by atoms with E-state index in [9.17, 15) is 0 Å². The van der Waals surface area contributed by atoms with Crippen molar-refractivity contribution < 1.29 is 40.5 Å². The van der Waals surface area contributed by atoms with Gasteiger partial charge in [-0.3, -0.25) is 0 Å². The maximum absolute atomic E-state index is 0. The van der Waals surface area contributed by atoms with Crippen LogP contribution in [0.25, 0.3) is 0 Å². The molecule has 1 nitrogen and oxygen atoms in total. The van der Waals surface area contributed by atoms with Gasteiger partial charge in [-0.25, -0.2) is 0 Å². The topological polar surface area (TPSA) is 36.5 Å². The average molecular weight is 142 g/mol. The average Bonchev–Trinajstić information content (AvgIpc) is 0. The molecule has 0 atom stereocenters. The molecule has 4 N–H and O–H groups in total. The van der Waals surface area contributed by atoms with E-state index in [1.165, 1.54) is 0 Å². The van der Waals surface area contributed by atoms with Crippen LogP contribution in [0, 0.1) is 0 Å². The summed E-state index contributed by atoms with van der Waals surface area (Å²) in [6, 6.07) is 0. The van der Waals surface area contributed by atoms with Gasteiger partial charge in [0.25, 0.3) is 0 Å². The standard InChI is InChI=1S/4FH.H3N.Ti/h4*1H;1H3;/q;;;;;+3/p-3. The molecule has 0 bridgehead atoms. The zero-order valence-electron chi connectivity index (χ0n) is 3.01. The van der Waals surface area contributed by atoms with Crippen molar-refractivity contribution in [3.63, 3.8) is 0 Å². The summed E-state index contributed by atoms with van der Waals surface area (Å²) in [5.74, 6) is 0. The Morgan fingerprint density at radius 3 is 0.500 bits per heavy atom. The number of rotatable bonds is 0. The molecule has 0 aromatic rings. The van der Waals surface area contributed by atoms with Crippen LogP contribution in [0.1, 0.15) is 0 Å². The van der Waals surface area contributed by atoms with Crippen LogP contribution in [0.5, 0.6) is 0 Å². The fourth-order valence-corrected chi connectivity index (χ4v) is 0. The van der Waals surface area contributed by atoms with E-state index in [1.54, 1.807) is 0 Å². The van der Waals surface area contributed by atoms with E-state index in [4.69, 9.17) is 0 Å². The van der Waals surface area contributed by atoms with Crippen molar-refractivity contribution in [2.24, 2.45) is 0 Å². The van der Waals surface area contributed by atoms with Gasteiger partial charge in [0.1, 0.15) is 0 Å². The largest absolute Gasteiger partial charge is 3.00 e. The number of quaternary nitrogens is 1. The SMILES string of the molecule is [F-].[F-].[F-].[F-].[NH4+].[Ti+3]. The van der Waals surface area contributed by atoms with Crippen molar-refractivity contribution >= 4 is 0 Å². The molecule has 0 spiro atoms. The van der Waals surface area contributed by atoms with Crippen molar-refractivity contribution in [2.45, 2.75) is 0 Å². The van der Waals surface area contributed by atoms with Crippen LogP contribution >= 0.6 is 0 Å². The predicted octanol–water partition coefficient (Wildman–Crippen LogP) is -11.6. The fourth-order valence-electron chi connectivity index (χ4n) is 0. The van der Waals surface area contributed by atoms with Crippen molar-refractivity contribution in [3.8, 4) is 0 Å². The maximum Gasteiger partial charge on any atom is 3.00 e. The van der Waals surface area contributed by atoms with Gasteiger partial charge in [0, 0.05) is 0 Å². The normalized spacial score (nSPS) is 0. The maximum atomic E-state index is 0. The van der Waals surface area contributed by atoms with Crippen LogP contribution in [-0.4, -0.2) is 0 Å². The van der Waals surface area contributed by atoms with Crippen molar-refractivity contribution in [1.29, 1.82) is 0 Å². The fraction of sp³-hybridized carbons (Fsp3) is 0. The van der Waals surface area contributed by atoms with Crippen molar-refractivity contribution in [3.05, 3.63) is 0 Å². The van der Waals surface area contributed by atoms with Gasteiger partial charge in [0.05, 0.1) is 0 Å². The second-order valence-corrected chi connectivity index (χ2v) is 0. The third-order valence-corrected chi connectivity index (χ3v) is 0. The predicted molar refractivity (Wildman–Crippen MR) is 5.98 cm³/mol. The van der Waals surface area contributed by atoms with Gasteiger partial charge in [-0.2, -0.15) is 0 Å². The van der Waals surface area contributed by atoms with Crippen molar-refractivity contribution in [2.75, 3.05) is 0 Å². The minimum Gasteiger partial charge on any atom is -1.00 e. The molecule has 0 fully saturated rings. The Morgan fingerprint density at radius 2 is 0.500 bits per heavy atom. The van der Waals surface area contributed by atoms with Crippen LogP contribution in [0.15, 0.2) is 0 Å². The number of hydrogen-bond acceptors (Lipinski definition) is 0. The van der Waals surface area contributed by atoms with Crippen LogP contribution in [-0.2, 0) is 21.7 Å². The molecular weight excluding hydrogens is 138 g/mol. The van der Waals surface area contributed by atoms with Gasteiger partial charge in [-0.05, 0) is 0 Å². The Kier molecular flexibility index (Phi) is 134000. The first-order chi connectivity index (χ1) is 0. The summed E-state index contributed by atoms with van der Waals surface area (Å²) in [5, 5.41) is 0. The summed E-state index contributed by atoms with van der Waals surface area (Å²) in [5.41, 5.74) is 0. The number of hydrogen-bond donors (Lipinski definition) is 1.